The number of amides is 1. The maximum absolute atomic E-state index is 13.6. The van der Waals surface area contributed by atoms with Gasteiger partial charge in [0.05, 0.1) is 16.6 Å². The van der Waals surface area contributed by atoms with Gasteiger partial charge in [0.1, 0.15) is 5.82 Å². The molecule has 1 fully saturated rings. The fourth-order valence-corrected chi connectivity index (χ4v) is 2.78. The molecule has 0 saturated heterocycles. The van der Waals surface area contributed by atoms with Crippen molar-refractivity contribution in [1.82, 2.24) is 0 Å². The van der Waals surface area contributed by atoms with Crippen molar-refractivity contribution in [3.8, 4) is 0 Å². The summed E-state index contributed by atoms with van der Waals surface area (Å²) in [7, 11) is 0. The number of hydrogen-bond acceptors (Lipinski definition) is 2. The highest BCUT2D eigenvalue weighted by Crippen LogP contribution is 2.32. The highest BCUT2D eigenvalue weighted by Gasteiger charge is 2.31. The third-order valence-electron chi connectivity index (χ3n) is 3.65. The number of aliphatic carboxylic acids is 1. The second-order valence-electron chi connectivity index (χ2n) is 5.13. The molecule has 1 aromatic carbocycles. The molecule has 1 aromatic rings. The summed E-state index contributed by atoms with van der Waals surface area (Å²) < 4.78 is 26.5. The predicted octanol–water partition coefficient (Wildman–Crippen LogP) is 3.45. The largest absolute Gasteiger partial charge is 0.481 e. The van der Waals surface area contributed by atoms with Gasteiger partial charge in [0.2, 0.25) is 5.91 Å². The monoisotopic (exact) mass is 317 g/mol. The molecule has 114 valence electrons. The van der Waals surface area contributed by atoms with Crippen LogP contribution in [-0.2, 0) is 9.59 Å². The third-order valence-corrected chi connectivity index (χ3v) is 3.95. The highest BCUT2D eigenvalue weighted by atomic mass is 35.5. The number of hydrogen-bond donors (Lipinski definition) is 2. The molecule has 7 heteroatoms. The van der Waals surface area contributed by atoms with Crippen LogP contribution in [0.5, 0.6) is 0 Å². The molecular weight excluding hydrogens is 304 g/mol. The molecule has 2 atom stereocenters. The van der Waals surface area contributed by atoms with Crippen LogP contribution in [0.3, 0.4) is 0 Å². The van der Waals surface area contributed by atoms with Gasteiger partial charge in [0.25, 0.3) is 0 Å². The first kappa shape index (κ1) is 15.7. The van der Waals surface area contributed by atoms with E-state index in [-0.39, 0.29) is 17.1 Å². The fraction of sp³-hybridized carbons (Fsp3) is 0.429. The molecule has 0 spiro atoms. The Kier molecular flexibility index (Phi) is 4.77. The van der Waals surface area contributed by atoms with Crippen LogP contribution in [0.15, 0.2) is 12.1 Å². The molecule has 21 heavy (non-hydrogen) atoms. The molecule has 2 unspecified atom stereocenters. The molecule has 0 aliphatic heterocycles. The fourth-order valence-electron chi connectivity index (χ4n) is 2.54. The van der Waals surface area contributed by atoms with Gasteiger partial charge in [-0.15, -0.1) is 0 Å². The zero-order valence-electron chi connectivity index (χ0n) is 11.0. The second-order valence-corrected chi connectivity index (χ2v) is 5.54. The Morgan fingerprint density at radius 2 is 1.90 bits per heavy atom. The molecule has 0 heterocycles. The number of anilines is 1. The summed E-state index contributed by atoms with van der Waals surface area (Å²) in [5.74, 6) is -4.30. The maximum atomic E-state index is 13.6. The van der Waals surface area contributed by atoms with E-state index in [1.165, 1.54) is 0 Å². The number of carboxylic acid groups (broad SMARTS) is 1. The van der Waals surface area contributed by atoms with E-state index < -0.39 is 35.3 Å². The molecule has 2 rings (SSSR count). The van der Waals surface area contributed by atoms with E-state index in [1.54, 1.807) is 0 Å². The molecule has 0 radical (unpaired) electrons. The van der Waals surface area contributed by atoms with Crippen LogP contribution < -0.4 is 5.32 Å². The van der Waals surface area contributed by atoms with Crippen LogP contribution in [0.2, 0.25) is 5.02 Å². The van der Waals surface area contributed by atoms with Crippen molar-refractivity contribution >= 4 is 29.2 Å². The first-order valence-electron chi connectivity index (χ1n) is 6.56. The van der Waals surface area contributed by atoms with Gasteiger partial charge in [0, 0.05) is 12.0 Å². The number of carbonyl (C=O) groups excluding carboxylic acids is 1. The Hall–Kier alpha value is -1.69. The quantitative estimate of drug-likeness (QED) is 0.897. The Balaban J connectivity index is 2.10. The summed E-state index contributed by atoms with van der Waals surface area (Å²) >= 11 is 5.71. The predicted molar refractivity (Wildman–Crippen MR) is 73.1 cm³/mol. The number of halogens is 3. The normalized spacial score (nSPS) is 21.9. The van der Waals surface area contributed by atoms with Gasteiger partial charge >= 0.3 is 5.97 Å². The molecule has 1 amide bonds. The van der Waals surface area contributed by atoms with E-state index >= 15 is 0 Å². The molecule has 1 saturated carbocycles. The average molecular weight is 318 g/mol. The first-order chi connectivity index (χ1) is 9.88. The van der Waals surface area contributed by atoms with Crippen molar-refractivity contribution in [2.24, 2.45) is 11.8 Å². The number of benzene rings is 1. The van der Waals surface area contributed by atoms with Crippen LogP contribution >= 0.6 is 11.6 Å². The van der Waals surface area contributed by atoms with Gasteiger partial charge < -0.3 is 10.4 Å². The van der Waals surface area contributed by atoms with Gasteiger partial charge in [-0.3, -0.25) is 9.59 Å². The van der Waals surface area contributed by atoms with Gasteiger partial charge in [-0.25, -0.2) is 8.78 Å². The minimum absolute atomic E-state index is 0.210. The van der Waals surface area contributed by atoms with E-state index in [2.05, 4.69) is 5.32 Å². The molecule has 1 aliphatic rings. The van der Waals surface area contributed by atoms with Crippen molar-refractivity contribution in [2.75, 3.05) is 5.32 Å². The number of carbonyl (C=O) groups is 2. The Bertz CT molecular complexity index is 556. The van der Waals surface area contributed by atoms with Crippen LogP contribution in [0.25, 0.3) is 0 Å². The lowest BCUT2D eigenvalue weighted by Gasteiger charge is -2.25. The van der Waals surface area contributed by atoms with Gasteiger partial charge in [-0.05, 0) is 25.3 Å². The topological polar surface area (TPSA) is 66.4 Å². The SMILES string of the molecule is O=C(O)C1CCCC(C(=O)Nc2c(F)cc(F)cc2Cl)C1. The summed E-state index contributed by atoms with van der Waals surface area (Å²) in [5.41, 5.74) is -0.277. The Morgan fingerprint density at radius 3 is 2.52 bits per heavy atom. The van der Waals surface area contributed by atoms with Crippen LogP contribution in [0.4, 0.5) is 14.5 Å². The standard InChI is InChI=1S/C14H14ClF2NO3/c15-10-5-9(16)6-11(17)12(10)18-13(19)7-2-1-3-8(4-7)14(20)21/h5-8H,1-4H2,(H,18,19)(H,20,21). The minimum atomic E-state index is -0.959. The molecule has 0 aromatic heterocycles. The van der Waals surface area contributed by atoms with E-state index in [9.17, 15) is 18.4 Å². The summed E-state index contributed by atoms with van der Waals surface area (Å²) in [5, 5.41) is 11.1. The Morgan fingerprint density at radius 1 is 1.24 bits per heavy atom. The first-order valence-corrected chi connectivity index (χ1v) is 6.94. The average Bonchev–Trinajstić information content (AvgIpc) is 2.42. The van der Waals surface area contributed by atoms with Gasteiger partial charge in [-0.2, -0.15) is 0 Å². The molecular formula is C14H14ClF2NO3. The highest BCUT2D eigenvalue weighted by molar-refractivity contribution is 6.33. The smallest absolute Gasteiger partial charge is 0.306 e. The van der Waals surface area contributed by atoms with Crippen molar-refractivity contribution in [2.45, 2.75) is 25.7 Å². The van der Waals surface area contributed by atoms with Crippen molar-refractivity contribution in [3.05, 3.63) is 28.8 Å². The maximum Gasteiger partial charge on any atom is 0.306 e. The zero-order chi connectivity index (χ0) is 15.6. The summed E-state index contributed by atoms with van der Waals surface area (Å²) in [6.45, 7) is 0. The van der Waals surface area contributed by atoms with Crippen LogP contribution in [-0.4, -0.2) is 17.0 Å². The van der Waals surface area contributed by atoms with E-state index in [0.29, 0.717) is 25.3 Å². The van der Waals surface area contributed by atoms with Gasteiger partial charge in [-0.1, -0.05) is 18.0 Å². The lowest BCUT2D eigenvalue weighted by molar-refractivity contribution is -0.143. The molecule has 1 aliphatic carbocycles. The lowest BCUT2D eigenvalue weighted by Crippen LogP contribution is -2.31. The summed E-state index contributed by atoms with van der Waals surface area (Å²) in [6, 6.07) is 1.53. The summed E-state index contributed by atoms with van der Waals surface area (Å²) in [6.07, 6.45) is 1.90. The van der Waals surface area contributed by atoms with Crippen LogP contribution in [0.1, 0.15) is 25.7 Å². The lowest BCUT2D eigenvalue weighted by atomic mass is 9.81. The van der Waals surface area contributed by atoms with E-state index in [0.717, 1.165) is 6.07 Å². The van der Waals surface area contributed by atoms with E-state index in [4.69, 9.17) is 16.7 Å². The van der Waals surface area contributed by atoms with E-state index in [1.807, 2.05) is 0 Å². The zero-order valence-corrected chi connectivity index (χ0v) is 11.8. The molecule has 0 bridgehead atoms. The number of rotatable bonds is 3. The molecule has 2 N–H and O–H groups in total. The number of carboxylic acids is 1. The van der Waals surface area contributed by atoms with Crippen molar-refractivity contribution in [3.63, 3.8) is 0 Å². The third kappa shape index (κ3) is 3.69. The Labute approximate surface area is 125 Å². The van der Waals surface area contributed by atoms with Crippen LogP contribution in [0, 0.1) is 23.5 Å². The van der Waals surface area contributed by atoms with Crippen molar-refractivity contribution in [1.29, 1.82) is 0 Å². The summed E-state index contributed by atoms with van der Waals surface area (Å²) in [4.78, 5) is 23.1. The number of nitrogens with one attached hydrogen (secondary N) is 1. The van der Waals surface area contributed by atoms with Crippen molar-refractivity contribution < 1.29 is 23.5 Å². The second kappa shape index (κ2) is 6.39. The molecule has 4 nitrogen and oxygen atoms in total. The minimum Gasteiger partial charge on any atom is -0.481 e. The van der Waals surface area contributed by atoms with Gasteiger partial charge in [0.15, 0.2) is 5.82 Å².